The summed E-state index contributed by atoms with van der Waals surface area (Å²) >= 11 is 0. The minimum Gasteiger partial charge on any atom is -0.667 e. The van der Waals surface area contributed by atoms with Crippen molar-refractivity contribution in [2.75, 3.05) is 13.2 Å². The Morgan fingerprint density at radius 2 is 1.45 bits per heavy atom. The molecule has 1 radical (unpaired) electrons. The van der Waals surface area contributed by atoms with Crippen molar-refractivity contribution < 1.29 is 98.6 Å². The molecule has 4 unspecified atom stereocenters. The fourth-order valence-corrected chi connectivity index (χ4v) is 3.45. The number of aliphatic hydroxyl groups excluding tert-OH is 6. The molecule has 7 N–H and O–H groups in total. The van der Waals surface area contributed by atoms with Crippen LogP contribution in [0.25, 0.3) is 5.73 Å². The van der Waals surface area contributed by atoms with Gasteiger partial charge >= 0.3 is 0 Å². The van der Waals surface area contributed by atoms with Crippen molar-refractivity contribution in [2.45, 2.75) is 61.3 Å². The third-order valence-electron chi connectivity index (χ3n) is 5.29. The number of hydrogen-bond acceptors (Lipinski definition) is 12. The van der Waals surface area contributed by atoms with E-state index < -0.39 is 79.5 Å². The summed E-state index contributed by atoms with van der Waals surface area (Å²) in [7, 11) is 0. The van der Waals surface area contributed by atoms with E-state index in [1.807, 2.05) is 0 Å². The van der Waals surface area contributed by atoms with E-state index in [2.05, 4.69) is 0 Å². The third-order valence-corrected chi connectivity index (χ3v) is 5.29. The molecule has 2 heterocycles. The summed E-state index contributed by atoms with van der Waals surface area (Å²) in [5, 5.41) is 70.1. The SMILES string of the molecule is [Ac].[NH-][C@@H]1C(Oc2ccc([N+](=O)[O-])cc2)OC(CO)[C@H](O)[C@@H]1OC1OC(CO)[C@H](O)[C@H](O)[C@@H]1O. The number of aliphatic hydroxyl groups is 6. The molecule has 0 aliphatic carbocycles. The Labute approximate surface area is 223 Å². The predicted molar refractivity (Wildman–Crippen MR) is 102 cm³/mol. The summed E-state index contributed by atoms with van der Waals surface area (Å²) in [6.07, 6.45) is -13.7. The normalized spacial score (nSPS) is 38.9. The average Bonchev–Trinajstić information content (AvgIpc) is 2.78. The van der Waals surface area contributed by atoms with Gasteiger partial charge in [-0.25, -0.2) is 0 Å². The van der Waals surface area contributed by atoms with E-state index in [4.69, 9.17) is 24.7 Å². The number of nitrogens with one attached hydrogen (secondary N) is 1. The molecule has 10 atom stereocenters. The molecule has 0 bridgehead atoms. The first-order chi connectivity index (χ1) is 15.2. The van der Waals surface area contributed by atoms with Crippen LogP contribution in [0.4, 0.5) is 5.69 Å². The second kappa shape index (κ2) is 12.4. The Hall–Kier alpha value is -0.538. The molecule has 1 aromatic rings. The fourth-order valence-electron chi connectivity index (χ4n) is 3.45. The van der Waals surface area contributed by atoms with Crippen molar-refractivity contribution in [3.63, 3.8) is 0 Å². The van der Waals surface area contributed by atoms with Crippen molar-refractivity contribution in [1.82, 2.24) is 0 Å². The minimum atomic E-state index is -1.77. The first kappa shape index (κ1) is 28.7. The van der Waals surface area contributed by atoms with Crippen molar-refractivity contribution in [3.05, 3.63) is 40.1 Å². The Morgan fingerprint density at radius 3 is 2.00 bits per heavy atom. The van der Waals surface area contributed by atoms with E-state index >= 15 is 0 Å². The Balaban J connectivity index is 0.00000385. The molecule has 0 amide bonds. The van der Waals surface area contributed by atoms with E-state index in [1.54, 1.807) is 0 Å². The van der Waals surface area contributed by atoms with Gasteiger partial charge in [-0.05, 0) is 18.2 Å². The molecule has 0 aromatic heterocycles. The van der Waals surface area contributed by atoms with Crippen LogP contribution in [0.3, 0.4) is 0 Å². The topological polar surface area (TPSA) is 225 Å². The summed E-state index contributed by atoms with van der Waals surface area (Å²) in [4.78, 5) is 10.2. The first-order valence-electron chi connectivity index (χ1n) is 9.70. The van der Waals surface area contributed by atoms with Crippen LogP contribution in [0.2, 0.25) is 0 Å². The van der Waals surface area contributed by atoms with Crippen LogP contribution in [0, 0.1) is 54.2 Å². The van der Waals surface area contributed by atoms with Crippen LogP contribution in [0.1, 0.15) is 0 Å². The molecule has 14 nitrogen and oxygen atoms in total. The third kappa shape index (κ3) is 6.37. The van der Waals surface area contributed by atoms with Gasteiger partial charge < -0.3 is 55.3 Å². The van der Waals surface area contributed by atoms with Crippen LogP contribution < -0.4 is 4.74 Å². The summed E-state index contributed by atoms with van der Waals surface area (Å²) in [5.41, 5.74) is 8.20. The molecule has 3 rings (SSSR count). The van der Waals surface area contributed by atoms with Crippen LogP contribution in [-0.2, 0) is 14.2 Å². The van der Waals surface area contributed by atoms with Gasteiger partial charge in [0.2, 0.25) is 0 Å². The van der Waals surface area contributed by atoms with Gasteiger partial charge in [0.25, 0.3) is 5.69 Å². The molecule has 2 saturated heterocycles. The molecule has 2 aliphatic rings. The summed E-state index contributed by atoms with van der Waals surface area (Å²) in [6.45, 7) is -1.38. The Bertz CT molecular complexity index is 771. The zero-order chi connectivity index (χ0) is 23.6. The van der Waals surface area contributed by atoms with Gasteiger partial charge in [0.1, 0.15) is 42.4 Å². The number of nitro benzene ring substituents is 1. The average molecular weight is 688 g/mol. The molecular weight excluding hydrogens is 663 g/mol. The molecule has 0 saturated carbocycles. The monoisotopic (exact) mass is 688 g/mol. The molecule has 183 valence electrons. The first-order valence-corrected chi connectivity index (χ1v) is 9.70. The molecule has 1 aromatic carbocycles. The van der Waals surface area contributed by atoms with Crippen LogP contribution in [0.5, 0.6) is 5.75 Å². The zero-order valence-electron chi connectivity index (χ0n) is 17.2. The molecule has 2 aliphatic heterocycles. The molecule has 15 heteroatoms. The number of ether oxygens (including phenoxy) is 4. The van der Waals surface area contributed by atoms with E-state index in [-0.39, 0.29) is 55.5 Å². The number of benzene rings is 1. The Kier molecular flexibility index (Phi) is 10.8. The smallest absolute Gasteiger partial charge is 0.269 e. The van der Waals surface area contributed by atoms with Gasteiger partial charge in [-0.3, -0.25) is 10.1 Å². The largest absolute Gasteiger partial charge is 0.667 e. The number of nitrogens with zero attached hydrogens (tertiary/aromatic N) is 1. The molecule has 0 spiro atoms. The van der Waals surface area contributed by atoms with Gasteiger partial charge in [0.05, 0.1) is 24.2 Å². The summed E-state index contributed by atoms with van der Waals surface area (Å²) in [6, 6.07) is 3.45. The van der Waals surface area contributed by atoms with Crippen molar-refractivity contribution >= 4 is 5.69 Å². The summed E-state index contributed by atoms with van der Waals surface area (Å²) < 4.78 is 21.7. The van der Waals surface area contributed by atoms with Gasteiger partial charge in [-0.15, -0.1) is 0 Å². The van der Waals surface area contributed by atoms with Gasteiger partial charge in [-0.2, -0.15) is 0 Å². The van der Waals surface area contributed by atoms with Gasteiger partial charge in [-0.1, -0.05) is 0 Å². The van der Waals surface area contributed by atoms with E-state index in [0.717, 1.165) is 0 Å². The van der Waals surface area contributed by atoms with Gasteiger partial charge in [0.15, 0.2) is 12.6 Å². The summed E-state index contributed by atoms with van der Waals surface area (Å²) in [5.74, 6) is 0.109. The standard InChI is InChI=1S/C18H25N2O12.Ac/c19-11-16(32-18-15(26)14(25)12(23)9(5-21)31-18)13(24)10(6-22)30-17(11)29-8-3-1-7(2-4-8)20(27)28;/h1-4,9-19,21-26H,5-6H2;/q-1;/t9?,10?,11-,12-,13-,14-,15-,16+,17?,18?;/m0./s1. The second-order valence-corrected chi connectivity index (χ2v) is 7.41. The van der Waals surface area contributed by atoms with Crippen LogP contribution in [-0.4, -0.2) is 110 Å². The minimum absolute atomic E-state index is 0. The maximum Gasteiger partial charge on any atom is 0.269 e. The number of rotatable bonds is 7. The van der Waals surface area contributed by atoms with Crippen LogP contribution >= 0.6 is 0 Å². The van der Waals surface area contributed by atoms with E-state index in [9.17, 15) is 40.8 Å². The maximum absolute atomic E-state index is 10.8. The van der Waals surface area contributed by atoms with Crippen molar-refractivity contribution in [2.24, 2.45) is 0 Å². The predicted octanol–water partition coefficient (Wildman–Crippen LogP) is -2.34. The van der Waals surface area contributed by atoms with E-state index in [1.165, 1.54) is 24.3 Å². The quantitative estimate of drug-likeness (QED) is 0.131. The number of nitro groups is 1. The molecule has 33 heavy (non-hydrogen) atoms. The van der Waals surface area contributed by atoms with Crippen molar-refractivity contribution in [3.8, 4) is 5.75 Å². The fraction of sp³-hybridized carbons (Fsp3) is 0.667. The zero-order valence-corrected chi connectivity index (χ0v) is 21.9. The molecule has 2 fully saturated rings. The number of hydrogen-bond donors (Lipinski definition) is 6. The Morgan fingerprint density at radius 1 is 0.909 bits per heavy atom. The van der Waals surface area contributed by atoms with Crippen molar-refractivity contribution in [1.29, 1.82) is 0 Å². The maximum atomic E-state index is 10.8. The van der Waals surface area contributed by atoms with E-state index in [0.29, 0.717) is 0 Å². The number of non-ortho nitro benzene ring substituents is 1. The molecular formula is C18H25AcN2O12-. The van der Waals surface area contributed by atoms with Gasteiger partial charge in [0, 0.05) is 56.2 Å². The van der Waals surface area contributed by atoms with Crippen LogP contribution in [0.15, 0.2) is 24.3 Å². The second-order valence-electron chi connectivity index (χ2n) is 7.41.